The van der Waals surface area contributed by atoms with E-state index in [1.54, 1.807) is 24.3 Å². The highest BCUT2D eigenvalue weighted by molar-refractivity contribution is 6.32. The largest absolute Gasteiger partial charge is 0.490 e. The summed E-state index contributed by atoms with van der Waals surface area (Å²) >= 11 is 6.58. The molecule has 1 aromatic heterocycles. The van der Waals surface area contributed by atoms with Crippen LogP contribution in [0.3, 0.4) is 0 Å². The Morgan fingerprint density at radius 3 is 2.60 bits per heavy atom. The van der Waals surface area contributed by atoms with Gasteiger partial charge in [-0.05, 0) is 34.9 Å². The normalized spacial score (nSPS) is 17.3. The minimum Gasteiger partial charge on any atom is -0.490 e. The van der Waals surface area contributed by atoms with E-state index >= 15 is 0 Å². The quantitative estimate of drug-likeness (QED) is 0.212. The minimum absolute atomic E-state index is 0.0505. The lowest BCUT2D eigenvalue weighted by Crippen LogP contribution is -2.48. The smallest absolute Gasteiger partial charge is 0.252 e. The van der Waals surface area contributed by atoms with Gasteiger partial charge in [0.15, 0.2) is 12.1 Å². The summed E-state index contributed by atoms with van der Waals surface area (Å²) < 4.78 is 17.7. The van der Waals surface area contributed by atoms with Crippen molar-refractivity contribution in [3.05, 3.63) is 124 Å². The average Bonchev–Trinajstić information content (AvgIpc) is 3.50. The highest BCUT2D eigenvalue weighted by atomic mass is 35.5. The molecule has 8 nitrogen and oxygen atoms in total. The molecule has 1 N–H and O–H groups in total. The predicted molar refractivity (Wildman–Crippen MR) is 157 cm³/mol. The molecule has 0 saturated carbocycles. The Bertz CT molecular complexity index is 1700. The summed E-state index contributed by atoms with van der Waals surface area (Å²) in [5.41, 5.74) is 2.07. The van der Waals surface area contributed by atoms with Gasteiger partial charge in [0.1, 0.15) is 31.3 Å². The fraction of sp³-hybridized carbons (Fsp3) is 0.212. The molecule has 1 heterocycles. The van der Waals surface area contributed by atoms with Crippen molar-refractivity contribution >= 4 is 23.5 Å². The summed E-state index contributed by atoms with van der Waals surface area (Å²) in [6.45, 7) is 3.94. The van der Waals surface area contributed by atoms with Gasteiger partial charge >= 0.3 is 0 Å². The second kappa shape index (κ2) is 12.0. The molecular weight excluding hydrogens is 554 g/mol. The highest BCUT2D eigenvalue weighted by Crippen LogP contribution is 2.53. The second-order valence-corrected chi connectivity index (χ2v) is 10.8. The Morgan fingerprint density at radius 1 is 1.07 bits per heavy atom. The number of hydrogen-bond donors (Lipinski definition) is 1. The summed E-state index contributed by atoms with van der Waals surface area (Å²) in [6.07, 6.45) is 6.63. The van der Waals surface area contributed by atoms with Crippen LogP contribution in [0.5, 0.6) is 11.5 Å². The molecule has 1 aliphatic rings. The molecular formula is C33H28ClN3O5. The van der Waals surface area contributed by atoms with Crippen molar-refractivity contribution in [2.24, 2.45) is 5.41 Å². The lowest BCUT2D eigenvalue weighted by Gasteiger charge is -2.46. The van der Waals surface area contributed by atoms with Crippen LogP contribution < -0.4 is 9.47 Å². The number of allylic oxidation sites excluding steroid dienone is 3. The summed E-state index contributed by atoms with van der Waals surface area (Å²) in [5, 5.41) is 23.3. The van der Waals surface area contributed by atoms with Gasteiger partial charge in [0.25, 0.3) is 5.89 Å². The summed E-state index contributed by atoms with van der Waals surface area (Å²) in [6, 6.07) is 22.2. The number of nitrogens with zero attached hydrogens (tertiary/aromatic N) is 3. The Balaban J connectivity index is 1.49. The summed E-state index contributed by atoms with van der Waals surface area (Å²) in [5.74, 6) is 1.03. The zero-order valence-corrected chi connectivity index (χ0v) is 23.8. The molecule has 1 aliphatic carbocycles. The number of aldehydes is 1. The summed E-state index contributed by atoms with van der Waals surface area (Å²) in [4.78, 5) is 16.3. The Kier molecular flexibility index (Phi) is 8.25. The highest BCUT2D eigenvalue weighted by Gasteiger charge is 2.52. The topological polar surface area (TPSA) is 118 Å². The van der Waals surface area contributed by atoms with E-state index in [0.717, 1.165) is 16.7 Å². The number of ether oxygens (including phenoxy) is 2. The van der Waals surface area contributed by atoms with Crippen molar-refractivity contribution in [2.75, 3.05) is 6.61 Å². The number of aliphatic hydroxyl groups excluding tert-OH is 1. The van der Waals surface area contributed by atoms with Crippen molar-refractivity contribution in [1.82, 2.24) is 10.1 Å². The number of carbonyl (C=O) groups is 1. The van der Waals surface area contributed by atoms with Crippen LogP contribution in [0.4, 0.5) is 0 Å². The molecule has 4 aromatic rings. The number of hydrogen-bond acceptors (Lipinski definition) is 8. The maximum atomic E-state index is 11.8. The van der Waals surface area contributed by atoms with Gasteiger partial charge in [-0.2, -0.15) is 10.2 Å². The van der Waals surface area contributed by atoms with Gasteiger partial charge < -0.3 is 19.1 Å². The first-order valence-corrected chi connectivity index (χ1v) is 13.6. The molecule has 42 heavy (non-hydrogen) atoms. The van der Waals surface area contributed by atoms with Crippen LogP contribution in [0.1, 0.15) is 52.6 Å². The maximum absolute atomic E-state index is 11.8. The van der Waals surface area contributed by atoms with E-state index in [0.29, 0.717) is 23.4 Å². The number of aliphatic hydroxyl groups is 1. The first-order chi connectivity index (χ1) is 20.3. The lowest BCUT2D eigenvalue weighted by molar-refractivity contribution is 0.111. The van der Waals surface area contributed by atoms with Gasteiger partial charge in [0.05, 0.1) is 27.6 Å². The van der Waals surface area contributed by atoms with Crippen LogP contribution in [-0.4, -0.2) is 28.1 Å². The van der Waals surface area contributed by atoms with Crippen molar-refractivity contribution in [3.8, 4) is 17.6 Å². The molecule has 0 saturated heterocycles. The van der Waals surface area contributed by atoms with E-state index in [-0.39, 0.29) is 35.4 Å². The van der Waals surface area contributed by atoms with E-state index in [2.05, 4.69) is 36.1 Å². The van der Waals surface area contributed by atoms with E-state index in [9.17, 15) is 15.2 Å². The molecule has 212 valence electrons. The molecule has 0 fully saturated rings. The van der Waals surface area contributed by atoms with Gasteiger partial charge in [0, 0.05) is 11.5 Å². The lowest BCUT2D eigenvalue weighted by atomic mass is 9.58. The zero-order valence-electron chi connectivity index (χ0n) is 23.1. The van der Waals surface area contributed by atoms with Crippen molar-refractivity contribution in [3.63, 3.8) is 0 Å². The molecule has 5 rings (SSSR count). The number of nitriles is 1. The monoisotopic (exact) mass is 581 g/mol. The fourth-order valence-corrected chi connectivity index (χ4v) is 5.38. The maximum Gasteiger partial charge on any atom is 0.252 e. The minimum atomic E-state index is -0.935. The van der Waals surface area contributed by atoms with Crippen LogP contribution in [0.15, 0.2) is 89.5 Å². The van der Waals surface area contributed by atoms with Crippen LogP contribution in [0, 0.1) is 16.7 Å². The number of benzene rings is 3. The van der Waals surface area contributed by atoms with Crippen LogP contribution in [0.2, 0.25) is 5.02 Å². The van der Waals surface area contributed by atoms with Gasteiger partial charge in [0.2, 0.25) is 0 Å². The van der Waals surface area contributed by atoms with Crippen molar-refractivity contribution in [2.45, 2.75) is 32.5 Å². The van der Waals surface area contributed by atoms with E-state index in [1.807, 2.05) is 48.6 Å². The number of carbonyl (C=O) groups excluding carboxylic acids is 1. The van der Waals surface area contributed by atoms with E-state index in [4.69, 9.17) is 25.6 Å². The third-order valence-corrected chi connectivity index (χ3v) is 7.91. The zero-order chi connectivity index (χ0) is 29.7. The molecule has 0 radical (unpaired) electrons. The second-order valence-electron chi connectivity index (χ2n) is 10.4. The third-order valence-electron chi connectivity index (χ3n) is 7.62. The molecule has 0 amide bonds. The van der Waals surface area contributed by atoms with Crippen LogP contribution in [0.25, 0.3) is 5.57 Å². The first kappa shape index (κ1) is 28.8. The van der Waals surface area contributed by atoms with E-state index < -0.39 is 17.4 Å². The van der Waals surface area contributed by atoms with Gasteiger partial charge in [-0.3, -0.25) is 4.79 Å². The van der Waals surface area contributed by atoms with Gasteiger partial charge in [-0.15, -0.1) is 0 Å². The molecule has 0 spiro atoms. The molecule has 0 bridgehead atoms. The van der Waals surface area contributed by atoms with Crippen LogP contribution in [-0.2, 0) is 18.6 Å². The molecule has 1 unspecified atom stereocenters. The fourth-order valence-electron chi connectivity index (χ4n) is 5.15. The molecule has 0 aliphatic heterocycles. The third kappa shape index (κ3) is 5.45. The number of halogens is 1. The SMILES string of the molecule is CC1(C)C(c2ccccc2)=CC=CC1(COc1cc(OCc2cccc(C#N)c2)c(C=O)cc1Cl)c1noc(CO)n1. The summed E-state index contributed by atoms with van der Waals surface area (Å²) in [7, 11) is 0. The molecule has 1 atom stereocenters. The number of rotatable bonds is 10. The standard InChI is InChI=1S/C33H28ClN3O5/c1-32(2)26(24-10-4-3-5-11-24)12-7-13-33(32,31-36-30(19-39)42-37-31)21-41-29-16-28(25(18-38)15-27(29)34)40-20-23-9-6-8-22(14-23)17-35/h3-16,18,39H,19-21H2,1-2H3. The van der Waals surface area contributed by atoms with Gasteiger partial charge in [-0.25, -0.2) is 0 Å². The average molecular weight is 582 g/mol. The Morgan fingerprint density at radius 2 is 1.88 bits per heavy atom. The van der Waals surface area contributed by atoms with E-state index in [1.165, 1.54) is 6.07 Å². The molecule has 9 heteroatoms. The van der Waals surface area contributed by atoms with Gasteiger partial charge in [-0.1, -0.05) is 91.3 Å². The van der Waals surface area contributed by atoms with Crippen molar-refractivity contribution < 1.29 is 23.9 Å². The van der Waals surface area contributed by atoms with Crippen LogP contribution >= 0.6 is 11.6 Å². The van der Waals surface area contributed by atoms with Crippen molar-refractivity contribution in [1.29, 1.82) is 5.26 Å². The Labute approximate surface area is 248 Å². The Hall–Kier alpha value is -4.71. The molecule has 3 aromatic carbocycles. The first-order valence-electron chi connectivity index (χ1n) is 13.2. The predicted octanol–water partition coefficient (Wildman–Crippen LogP) is 6.47. The number of aromatic nitrogens is 2.